The third-order valence-corrected chi connectivity index (χ3v) is 5.11. The Morgan fingerprint density at radius 3 is 2.95 bits per heavy atom. The number of nitrogens with one attached hydrogen (secondary N) is 1. The molecule has 2 heterocycles. The summed E-state index contributed by atoms with van der Waals surface area (Å²) in [5.74, 6) is 0. The Morgan fingerprint density at radius 2 is 2.21 bits per heavy atom. The van der Waals surface area contributed by atoms with Crippen LogP contribution in [0.5, 0.6) is 0 Å². The maximum absolute atomic E-state index is 3.61. The molecule has 1 N–H and O–H groups in total. The monoisotopic (exact) mass is 276 g/mol. The molecule has 1 aromatic heterocycles. The van der Waals surface area contributed by atoms with Gasteiger partial charge in [-0.1, -0.05) is 11.6 Å². The van der Waals surface area contributed by atoms with Gasteiger partial charge in [0.1, 0.15) is 0 Å². The molecule has 2 aliphatic rings. The summed E-state index contributed by atoms with van der Waals surface area (Å²) in [7, 11) is 0. The minimum absolute atomic E-state index is 0.806. The van der Waals surface area contributed by atoms with Gasteiger partial charge in [0, 0.05) is 42.0 Å². The van der Waals surface area contributed by atoms with Crippen LogP contribution in [0, 0.1) is 6.92 Å². The van der Waals surface area contributed by atoms with E-state index in [9.17, 15) is 0 Å². The number of hydrogen-bond donors (Lipinski definition) is 1. The Hall–Kier alpha value is -0.640. The zero-order chi connectivity index (χ0) is 13.2. The summed E-state index contributed by atoms with van der Waals surface area (Å²) < 4.78 is 0. The average Bonchev–Trinajstić information content (AvgIpc) is 3.13. The highest BCUT2D eigenvalue weighted by atomic mass is 32.1. The molecule has 3 heteroatoms. The first-order chi connectivity index (χ1) is 9.20. The van der Waals surface area contributed by atoms with Crippen LogP contribution < -0.4 is 5.32 Å². The summed E-state index contributed by atoms with van der Waals surface area (Å²) in [6, 6.07) is 3.23. The Balaban J connectivity index is 1.58. The Labute approximate surface area is 120 Å². The molecule has 1 aliphatic heterocycles. The standard InChI is InChI=1S/C16H24N2S/c1-12-4-3-7-18(10-12)11-14-8-16(19-13(14)2)9-17-15-5-6-15/h4,8,15,17H,3,5-7,9-11H2,1-2H3. The quantitative estimate of drug-likeness (QED) is 0.829. The van der Waals surface area contributed by atoms with Gasteiger partial charge in [-0.25, -0.2) is 0 Å². The largest absolute Gasteiger partial charge is 0.309 e. The minimum Gasteiger partial charge on any atom is -0.309 e. The topological polar surface area (TPSA) is 15.3 Å². The van der Waals surface area contributed by atoms with E-state index in [0.717, 1.165) is 25.7 Å². The lowest BCUT2D eigenvalue weighted by atomic mass is 10.1. The van der Waals surface area contributed by atoms with Crippen molar-refractivity contribution in [3.05, 3.63) is 33.0 Å². The van der Waals surface area contributed by atoms with E-state index >= 15 is 0 Å². The van der Waals surface area contributed by atoms with E-state index in [1.807, 2.05) is 11.3 Å². The van der Waals surface area contributed by atoms with Crippen LogP contribution in [0.25, 0.3) is 0 Å². The lowest BCUT2D eigenvalue weighted by Gasteiger charge is -2.25. The van der Waals surface area contributed by atoms with Crippen molar-refractivity contribution >= 4 is 11.3 Å². The highest BCUT2D eigenvalue weighted by Gasteiger charge is 2.20. The predicted octanol–water partition coefficient (Wildman–Crippen LogP) is 3.46. The van der Waals surface area contributed by atoms with Crippen molar-refractivity contribution in [1.82, 2.24) is 10.2 Å². The molecule has 1 aliphatic carbocycles. The maximum atomic E-state index is 3.61. The predicted molar refractivity (Wildman–Crippen MR) is 82.6 cm³/mol. The molecule has 3 rings (SSSR count). The van der Waals surface area contributed by atoms with Crippen molar-refractivity contribution in [2.45, 2.75) is 52.2 Å². The van der Waals surface area contributed by atoms with Crippen LogP contribution in [0.2, 0.25) is 0 Å². The molecule has 0 bridgehead atoms. The Bertz CT molecular complexity index is 471. The molecule has 0 saturated heterocycles. The molecule has 19 heavy (non-hydrogen) atoms. The molecular formula is C16H24N2S. The van der Waals surface area contributed by atoms with Crippen LogP contribution in [-0.4, -0.2) is 24.0 Å². The molecule has 0 radical (unpaired) electrons. The normalized spacial score (nSPS) is 20.6. The number of rotatable bonds is 5. The fraction of sp³-hybridized carbons (Fsp3) is 0.625. The fourth-order valence-corrected chi connectivity index (χ4v) is 3.73. The molecule has 0 unspecified atom stereocenters. The van der Waals surface area contributed by atoms with Gasteiger partial charge in [0.2, 0.25) is 0 Å². The van der Waals surface area contributed by atoms with Crippen molar-refractivity contribution < 1.29 is 0 Å². The molecule has 0 amide bonds. The average molecular weight is 276 g/mol. The summed E-state index contributed by atoms with van der Waals surface area (Å²) >= 11 is 1.97. The van der Waals surface area contributed by atoms with Crippen LogP contribution in [0.15, 0.2) is 17.7 Å². The number of nitrogens with zero attached hydrogens (tertiary/aromatic N) is 1. The van der Waals surface area contributed by atoms with Gasteiger partial charge < -0.3 is 5.32 Å². The fourth-order valence-electron chi connectivity index (χ4n) is 2.73. The van der Waals surface area contributed by atoms with Crippen molar-refractivity contribution in [2.24, 2.45) is 0 Å². The lowest BCUT2D eigenvalue weighted by molar-refractivity contribution is 0.282. The van der Waals surface area contributed by atoms with Crippen LogP contribution >= 0.6 is 11.3 Å². The molecule has 1 saturated carbocycles. The van der Waals surface area contributed by atoms with E-state index in [4.69, 9.17) is 0 Å². The van der Waals surface area contributed by atoms with Gasteiger partial charge in [0.15, 0.2) is 0 Å². The van der Waals surface area contributed by atoms with Gasteiger partial charge in [0.25, 0.3) is 0 Å². The molecule has 0 aromatic carbocycles. The van der Waals surface area contributed by atoms with E-state index in [2.05, 4.69) is 36.2 Å². The van der Waals surface area contributed by atoms with Gasteiger partial charge in [-0.3, -0.25) is 4.90 Å². The van der Waals surface area contributed by atoms with Gasteiger partial charge in [-0.15, -0.1) is 11.3 Å². The van der Waals surface area contributed by atoms with Crippen molar-refractivity contribution in [3.8, 4) is 0 Å². The third kappa shape index (κ3) is 3.68. The Kier molecular flexibility index (Phi) is 4.06. The van der Waals surface area contributed by atoms with Crippen molar-refractivity contribution in [3.63, 3.8) is 0 Å². The van der Waals surface area contributed by atoms with E-state index in [1.54, 1.807) is 0 Å². The number of aryl methyl sites for hydroxylation is 1. The van der Waals surface area contributed by atoms with Crippen LogP contribution in [0.4, 0.5) is 0 Å². The second-order valence-corrected chi connectivity index (χ2v) is 7.34. The summed E-state index contributed by atoms with van der Waals surface area (Å²) in [5.41, 5.74) is 3.06. The summed E-state index contributed by atoms with van der Waals surface area (Å²) in [6.07, 6.45) is 6.33. The van der Waals surface area contributed by atoms with Crippen LogP contribution in [0.3, 0.4) is 0 Å². The SMILES string of the molecule is CC1=CCCN(Cc2cc(CNC3CC3)sc2C)C1. The highest BCUT2D eigenvalue weighted by Crippen LogP contribution is 2.26. The zero-order valence-electron chi connectivity index (χ0n) is 12.0. The molecule has 104 valence electrons. The minimum atomic E-state index is 0.806. The van der Waals surface area contributed by atoms with Crippen molar-refractivity contribution in [1.29, 1.82) is 0 Å². The molecular weight excluding hydrogens is 252 g/mol. The lowest BCUT2D eigenvalue weighted by Crippen LogP contribution is -2.28. The van der Waals surface area contributed by atoms with Gasteiger partial charge in [-0.2, -0.15) is 0 Å². The molecule has 0 atom stereocenters. The van der Waals surface area contributed by atoms with Crippen LogP contribution in [0.1, 0.15) is 41.5 Å². The maximum Gasteiger partial charge on any atom is 0.0302 e. The molecule has 1 aromatic rings. The van der Waals surface area contributed by atoms with E-state index < -0.39 is 0 Å². The molecule has 1 fully saturated rings. The number of thiophene rings is 1. The highest BCUT2D eigenvalue weighted by molar-refractivity contribution is 7.12. The first kappa shape index (κ1) is 13.3. The van der Waals surface area contributed by atoms with E-state index in [-0.39, 0.29) is 0 Å². The Morgan fingerprint density at radius 1 is 1.37 bits per heavy atom. The number of hydrogen-bond acceptors (Lipinski definition) is 3. The first-order valence-corrected chi connectivity index (χ1v) is 8.22. The summed E-state index contributed by atoms with van der Waals surface area (Å²) in [4.78, 5) is 5.58. The smallest absolute Gasteiger partial charge is 0.0302 e. The third-order valence-electron chi connectivity index (χ3n) is 4.02. The van der Waals surface area contributed by atoms with Crippen molar-refractivity contribution in [2.75, 3.05) is 13.1 Å². The van der Waals surface area contributed by atoms with Gasteiger partial charge in [-0.05, 0) is 44.7 Å². The second-order valence-electron chi connectivity index (χ2n) is 6.00. The van der Waals surface area contributed by atoms with E-state index in [0.29, 0.717) is 0 Å². The molecule has 0 spiro atoms. The second kappa shape index (κ2) is 5.78. The van der Waals surface area contributed by atoms with Gasteiger partial charge in [0.05, 0.1) is 0 Å². The molecule has 2 nitrogen and oxygen atoms in total. The zero-order valence-corrected chi connectivity index (χ0v) is 12.9. The summed E-state index contributed by atoms with van der Waals surface area (Å²) in [6.45, 7) is 9.06. The van der Waals surface area contributed by atoms with Crippen LogP contribution in [-0.2, 0) is 13.1 Å². The summed E-state index contributed by atoms with van der Waals surface area (Å²) in [5, 5.41) is 3.61. The van der Waals surface area contributed by atoms with Gasteiger partial charge >= 0.3 is 0 Å². The first-order valence-electron chi connectivity index (χ1n) is 7.40. The van der Waals surface area contributed by atoms with E-state index in [1.165, 1.54) is 46.7 Å².